The van der Waals surface area contributed by atoms with Gasteiger partial charge < -0.3 is 4.74 Å². The summed E-state index contributed by atoms with van der Waals surface area (Å²) in [4.78, 5) is 3.15. The van der Waals surface area contributed by atoms with Gasteiger partial charge in [0.05, 0.1) is 37.9 Å². The van der Waals surface area contributed by atoms with Gasteiger partial charge in [0.15, 0.2) is 0 Å². The van der Waals surface area contributed by atoms with Crippen LogP contribution >= 0.6 is 23.2 Å². The van der Waals surface area contributed by atoms with Gasteiger partial charge >= 0.3 is 0 Å². The van der Waals surface area contributed by atoms with E-state index in [1.807, 2.05) is 48.5 Å². The Labute approximate surface area is 177 Å². The van der Waals surface area contributed by atoms with E-state index in [0.717, 1.165) is 11.1 Å². The summed E-state index contributed by atoms with van der Waals surface area (Å²) in [5.41, 5.74) is 1.69. The summed E-state index contributed by atoms with van der Waals surface area (Å²) in [6.07, 6.45) is 5.69. The fourth-order valence-electron chi connectivity index (χ4n) is 3.07. The number of rotatable bonds is 8. The summed E-state index contributed by atoms with van der Waals surface area (Å²) in [7, 11) is 0. The maximum atomic E-state index is 6.56. The van der Waals surface area contributed by atoms with Crippen LogP contribution in [-0.2, 0) is 17.8 Å². The van der Waals surface area contributed by atoms with Crippen LogP contribution in [0.15, 0.2) is 73.3 Å². The van der Waals surface area contributed by atoms with Crippen molar-refractivity contribution >= 4 is 23.2 Å². The van der Waals surface area contributed by atoms with Crippen LogP contribution in [0.3, 0.4) is 0 Å². The molecule has 0 radical (unpaired) electrons. The Bertz CT molecular complexity index is 955. The number of aromatic nitrogens is 6. The standard InChI is InChI=1S/C20H18Cl2N6O/c21-17-7-3-1-5-15(17)19(13-27-23-9-10-24-27)29-20(14-28-25-11-12-26-28)16-6-2-4-8-18(16)22/h1-12,19-20H,13-14H2/t19-,20-/m0/s1. The molecule has 0 fully saturated rings. The smallest absolute Gasteiger partial charge is 0.106 e. The molecule has 7 nitrogen and oxygen atoms in total. The lowest BCUT2D eigenvalue weighted by atomic mass is 10.1. The van der Waals surface area contributed by atoms with Gasteiger partial charge in [-0.1, -0.05) is 59.6 Å². The Kier molecular flexibility index (Phi) is 6.19. The molecule has 0 aliphatic rings. The molecule has 0 amide bonds. The van der Waals surface area contributed by atoms with Crippen LogP contribution in [0.5, 0.6) is 0 Å². The van der Waals surface area contributed by atoms with E-state index in [-0.39, 0.29) is 0 Å². The first-order valence-corrected chi connectivity index (χ1v) is 9.79. The van der Waals surface area contributed by atoms with Gasteiger partial charge in [0, 0.05) is 21.2 Å². The van der Waals surface area contributed by atoms with Crippen molar-refractivity contribution in [3.05, 3.63) is 94.5 Å². The Morgan fingerprint density at radius 2 is 1.03 bits per heavy atom. The zero-order valence-electron chi connectivity index (χ0n) is 15.3. The number of ether oxygens (including phenoxy) is 1. The molecule has 0 aliphatic heterocycles. The topological polar surface area (TPSA) is 70.7 Å². The predicted molar refractivity (Wildman–Crippen MR) is 110 cm³/mol. The van der Waals surface area contributed by atoms with Gasteiger partial charge in [-0.05, 0) is 12.1 Å². The average Bonchev–Trinajstić information content (AvgIpc) is 3.42. The van der Waals surface area contributed by atoms with Crippen molar-refractivity contribution in [1.29, 1.82) is 0 Å². The Hall–Kier alpha value is -2.74. The van der Waals surface area contributed by atoms with Gasteiger partial charge in [-0.2, -0.15) is 30.0 Å². The van der Waals surface area contributed by atoms with Crippen molar-refractivity contribution in [1.82, 2.24) is 30.0 Å². The molecule has 29 heavy (non-hydrogen) atoms. The Balaban J connectivity index is 1.69. The molecule has 0 bridgehead atoms. The van der Waals surface area contributed by atoms with Crippen molar-refractivity contribution in [2.45, 2.75) is 25.3 Å². The largest absolute Gasteiger partial charge is 0.361 e. The van der Waals surface area contributed by atoms with Crippen molar-refractivity contribution in [2.75, 3.05) is 0 Å². The first-order chi connectivity index (χ1) is 14.2. The highest BCUT2D eigenvalue weighted by Gasteiger charge is 2.25. The molecule has 0 saturated carbocycles. The van der Waals surface area contributed by atoms with E-state index in [9.17, 15) is 0 Å². The Morgan fingerprint density at radius 1 is 0.655 bits per heavy atom. The van der Waals surface area contributed by atoms with Crippen molar-refractivity contribution < 1.29 is 4.74 Å². The fourth-order valence-corrected chi connectivity index (χ4v) is 3.59. The lowest BCUT2D eigenvalue weighted by molar-refractivity contribution is -0.0391. The predicted octanol–water partition coefficient (Wildman–Crippen LogP) is 4.38. The summed E-state index contributed by atoms with van der Waals surface area (Å²) in [6, 6.07) is 15.2. The minimum absolute atomic E-state index is 0.393. The van der Waals surface area contributed by atoms with Crippen LogP contribution < -0.4 is 0 Å². The highest BCUT2D eigenvalue weighted by atomic mass is 35.5. The van der Waals surface area contributed by atoms with E-state index in [1.54, 1.807) is 34.4 Å². The zero-order valence-corrected chi connectivity index (χ0v) is 16.9. The summed E-state index contributed by atoms with van der Waals surface area (Å²) < 4.78 is 6.56. The normalized spacial score (nSPS) is 13.3. The van der Waals surface area contributed by atoms with Gasteiger partial charge in [0.25, 0.3) is 0 Å². The quantitative estimate of drug-likeness (QED) is 0.416. The number of benzene rings is 2. The van der Waals surface area contributed by atoms with E-state index in [2.05, 4.69) is 20.4 Å². The molecule has 2 atom stereocenters. The molecule has 0 N–H and O–H groups in total. The Morgan fingerprint density at radius 3 is 1.41 bits per heavy atom. The van der Waals surface area contributed by atoms with E-state index in [0.29, 0.717) is 23.1 Å². The second kappa shape index (κ2) is 9.17. The molecular formula is C20H18Cl2N6O. The molecule has 4 rings (SSSR count). The van der Waals surface area contributed by atoms with Crippen LogP contribution in [0.25, 0.3) is 0 Å². The molecule has 2 heterocycles. The van der Waals surface area contributed by atoms with Crippen LogP contribution in [0.4, 0.5) is 0 Å². The summed E-state index contributed by atoms with van der Waals surface area (Å²) >= 11 is 13.0. The van der Waals surface area contributed by atoms with Crippen molar-refractivity contribution in [3.63, 3.8) is 0 Å². The minimum atomic E-state index is -0.409. The zero-order chi connectivity index (χ0) is 20.1. The van der Waals surface area contributed by atoms with Crippen molar-refractivity contribution in [3.8, 4) is 0 Å². The highest BCUT2D eigenvalue weighted by Crippen LogP contribution is 2.34. The molecule has 0 unspecified atom stereocenters. The maximum absolute atomic E-state index is 6.56. The van der Waals surface area contributed by atoms with Crippen LogP contribution in [0, 0.1) is 0 Å². The van der Waals surface area contributed by atoms with Gasteiger partial charge in [0.2, 0.25) is 0 Å². The van der Waals surface area contributed by atoms with E-state index in [1.165, 1.54) is 0 Å². The van der Waals surface area contributed by atoms with Gasteiger partial charge in [-0.15, -0.1) is 0 Å². The third-order valence-corrected chi connectivity index (χ3v) is 5.11. The van der Waals surface area contributed by atoms with Crippen LogP contribution in [0.1, 0.15) is 23.3 Å². The van der Waals surface area contributed by atoms with E-state index in [4.69, 9.17) is 27.9 Å². The number of hydrogen-bond acceptors (Lipinski definition) is 5. The average molecular weight is 429 g/mol. The molecule has 0 spiro atoms. The molecule has 148 valence electrons. The molecular weight excluding hydrogens is 411 g/mol. The fraction of sp³-hybridized carbons (Fsp3) is 0.200. The molecule has 0 aliphatic carbocycles. The number of nitrogens with zero attached hydrogens (tertiary/aromatic N) is 6. The molecule has 4 aromatic rings. The van der Waals surface area contributed by atoms with Gasteiger partial charge in [0.1, 0.15) is 12.2 Å². The summed E-state index contributed by atoms with van der Waals surface area (Å²) in [5.74, 6) is 0. The lowest BCUT2D eigenvalue weighted by Gasteiger charge is -2.26. The monoisotopic (exact) mass is 428 g/mol. The molecule has 9 heteroatoms. The lowest BCUT2D eigenvalue weighted by Crippen LogP contribution is -2.22. The number of hydrogen-bond donors (Lipinski definition) is 0. The first kappa shape index (κ1) is 19.6. The van der Waals surface area contributed by atoms with Crippen LogP contribution in [0.2, 0.25) is 10.0 Å². The summed E-state index contributed by atoms with van der Waals surface area (Å²) in [5, 5.41) is 18.1. The SMILES string of the molecule is Clc1ccccc1[C@H](Cn1nccn1)O[C@@H](Cn1nccn1)c1ccccc1Cl. The van der Waals surface area contributed by atoms with Crippen LogP contribution in [-0.4, -0.2) is 30.0 Å². The minimum Gasteiger partial charge on any atom is -0.361 e. The van der Waals surface area contributed by atoms with Crippen molar-refractivity contribution in [2.24, 2.45) is 0 Å². The molecule has 2 aromatic heterocycles. The molecule has 2 aromatic carbocycles. The number of halogens is 2. The second-order valence-electron chi connectivity index (χ2n) is 6.32. The second-order valence-corrected chi connectivity index (χ2v) is 7.14. The maximum Gasteiger partial charge on any atom is 0.106 e. The third kappa shape index (κ3) is 4.82. The first-order valence-electron chi connectivity index (χ1n) is 9.03. The van der Waals surface area contributed by atoms with Gasteiger partial charge in [-0.25, -0.2) is 0 Å². The van der Waals surface area contributed by atoms with Gasteiger partial charge in [-0.3, -0.25) is 0 Å². The van der Waals surface area contributed by atoms with E-state index >= 15 is 0 Å². The van der Waals surface area contributed by atoms with E-state index < -0.39 is 12.2 Å². The molecule has 0 saturated heterocycles. The third-order valence-electron chi connectivity index (χ3n) is 4.42. The highest BCUT2D eigenvalue weighted by molar-refractivity contribution is 6.31. The summed E-state index contributed by atoms with van der Waals surface area (Å²) in [6.45, 7) is 0.786.